The highest BCUT2D eigenvalue weighted by Crippen LogP contribution is 2.21. The van der Waals surface area contributed by atoms with Crippen LogP contribution in [-0.4, -0.2) is 24.4 Å². The van der Waals surface area contributed by atoms with E-state index in [1.54, 1.807) is 30.3 Å². The Morgan fingerprint density at radius 2 is 1.75 bits per heavy atom. The van der Waals surface area contributed by atoms with E-state index >= 15 is 0 Å². The molecule has 1 aliphatic rings. The molecule has 1 saturated heterocycles. The third-order valence-electron chi connectivity index (χ3n) is 3.62. The van der Waals surface area contributed by atoms with Gasteiger partial charge in [0.2, 0.25) is 11.8 Å². The first-order chi connectivity index (χ1) is 11.6. The van der Waals surface area contributed by atoms with Crippen LogP contribution < -0.4 is 15.5 Å². The van der Waals surface area contributed by atoms with E-state index in [-0.39, 0.29) is 12.2 Å². The van der Waals surface area contributed by atoms with E-state index in [9.17, 15) is 18.8 Å². The van der Waals surface area contributed by atoms with E-state index in [0.29, 0.717) is 5.69 Å². The number of anilines is 2. The molecule has 1 unspecified atom stereocenters. The summed E-state index contributed by atoms with van der Waals surface area (Å²) in [6, 6.07) is 13.0. The van der Waals surface area contributed by atoms with Crippen molar-refractivity contribution in [2.24, 2.45) is 5.92 Å². The van der Waals surface area contributed by atoms with E-state index < -0.39 is 29.6 Å². The molecule has 3 rings (SSSR count). The minimum Gasteiger partial charge on any atom is -0.336 e. The van der Waals surface area contributed by atoms with Crippen molar-refractivity contribution in [1.29, 1.82) is 0 Å². The van der Waals surface area contributed by atoms with Crippen molar-refractivity contribution in [3.63, 3.8) is 0 Å². The highest BCUT2D eigenvalue weighted by atomic mass is 19.1. The highest BCUT2D eigenvalue weighted by Gasteiger charge is 2.39. The molecule has 7 heteroatoms. The zero-order valence-electron chi connectivity index (χ0n) is 12.5. The number of hydrogen-bond acceptors (Lipinski definition) is 3. The molecule has 2 aromatic carbocycles. The molecule has 4 amide bonds. The second-order valence-electron chi connectivity index (χ2n) is 5.24. The lowest BCUT2D eigenvalue weighted by Crippen LogP contribution is -2.58. The number of hydrogen-bond donors (Lipinski definition) is 2. The lowest BCUT2D eigenvalue weighted by atomic mass is 10.0. The Labute approximate surface area is 137 Å². The third-order valence-corrected chi connectivity index (χ3v) is 3.62. The van der Waals surface area contributed by atoms with Crippen molar-refractivity contribution in [2.45, 2.75) is 0 Å². The number of halogens is 1. The van der Waals surface area contributed by atoms with E-state index in [0.717, 1.165) is 17.0 Å². The predicted molar refractivity (Wildman–Crippen MR) is 85.8 cm³/mol. The Morgan fingerprint density at radius 3 is 2.42 bits per heavy atom. The van der Waals surface area contributed by atoms with Crippen LogP contribution in [0.15, 0.2) is 54.6 Å². The Bertz CT molecular complexity index is 777. The van der Waals surface area contributed by atoms with Crippen LogP contribution in [0, 0.1) is 11.7 Å². The Hall–Kier alpha value is -3.22. The van der Waals surface area contributed by atoms with E-state index in [2.05, 4.69) is 10.6 Å². The van der Waals surface area contributed by atoms with E-state index in [4.69, 9.17) is 0 Å². The van der Waals surface area contributed by atoms with Crippen LogP contribution in [0.25, 0.3) is 0 Å². The monoisotopic (exact) mass is 327 g/mol. The summed E-state index contributed by atoms with van der Waals surface area (Å²) in [7, 11) is 0. The van der Waals surface area contributed by atoms with Gasteiger partial charge in [0.15, 0.2) is 0 Å². The van der Waals surface area contributed by atoms with Gasteiger partial charge in [-0.1, -0.05) is 18.2 Å². The standard InChI is InChI=1S/C17H14FN3O3/c18-11-6-8-13(9-7-11)21-16(23)14(10-19-17(21)24)15(22)20-12-4-2-1-3-5-12/h1-9,14H,10H2,(H,19,24)(H,20,22). The summed E-state index contributed by atoms with van der Waals surface area (Å²) in [4.78, 5) is 37.7. The summed E-state index contributed by atoms with van der Waals surface area (Å²) >= 11 is 0. The molecule has 122 valence electrons. The first-order valence-corrected chi connectivity index (χ1v) is 7.29. The quantitative estimate of drug-likeness (QED) is 0.848. The number of carbonyl (C=O) groups is 3. The second kappa shape index (κ2) is 6.49. The van der Waals surface area contributed by atoms with Crippen LogP contribution in [0.5, 0.6) is 0 Å². The fraction of sp³-hybridized carbons (Fsp3) is 0.118. The maximum atomic E-state index is 13.0. The zero-order chi connectivity index (χ0) is 17.1. The van der Waals surface area contributed by atoms with Crippen LogP contribution in [0.3, 0.4) is 0 Å². The molecule has 0 saturated carbocycles. The number of amides is 4. The largest absolute Gasteiger partial charge is 0.336 e. The van der Waals surface area contributed by atoms with Gasteiger partial charge in [-0.3, -0.25) is 9.59 Å². The molecule has 0 spiro atoms. The van der Waals surface area contributed by atoms with Gasteiger partial charge >= 0.3 is 6.03 Å². The number of rotatable bonds is 3. The van der Waals surface area contributed by atoms with Crippen molar-refractivity contribution in [1.82, 2.24) is 5.32 Å². The lowest BCUT2D eigenvalue weighted by Gasteiger charge is -2.30. The number of para-hydroxylation sites is 1. The Kier molecular flexibility index (Phi) is 4.24. The maximum Gasteiger partial charge on any atom is 0.328 e. The summed E-state index contributed by atoms with van der Waals surface area (Å²) < 4.78 is 13.0. The van der Waals surface area contributed by atoms with Crippen molar-refractivity contribution >= 4 is 29.2 Å². The summed E-state index contributed by atoms with van der Waals surface area (Å²) in [5.74, 6) is -2.72. The Balaban J connectivity index is 1.80. The van der Waals surface area contributed by atoms with Gasteiger partial charge < -0.3 is 10.6 Å². The first kappa shape index (κ1) is 15.7. The average Bonchev–Trinajstić information content (AvgIpc) is 2.57. The molecule has 1 atom stereocenters. The maximum absolute atomic E-state index is 13.0. The zero-order valence-corrected chi connectivity index (χ0v) is 12.5. The van der Waals surface area contributed by atoms with Gasteiger partial charge in [-0.05, 0) is 36.4 Å². The molecule has 2 N–H and O–H groups in total. The second-order valence-corrected chi connectivity index (χ2v) is 5.24. The lowest BCUT2D eigenvalue weighted by molar-refractivity contribution is -0.130. The molecule has 6 nitrogen and oxygen atoms in total. The first-order valence-electron chi connectivity index (χ1n) is 7.29. The normalized spacial score (nSPS) is 17.4. The summed E-state index contributed by atoms with van der Waals surface area (Å²) in [6.07, 6.45) is 0. The van der Waals surface area contributed by atoms with Crippen molar-refractivity contribution in [2.75, 3.05) is 16.8 Å². The molecule has 0 radical (unpaired) electrons. The molecule has 0 aromatic heterocycles. The van der Waals surface area contributed by atoms with Gasteiger partial charge in [0, 0.05) is 12.2 Å². The van der Waals surface area contributed by atoms with Crippen LogP contribution in [0.2, 0.25) is 0 Å². The van der Waals surface area contributed by atoms with Gasteiger partial charge in [-0.2, -0.15) is 0 Å². The summed E-state index contributed by atoms with van der Waals surface area (Å²) in [5.41, 5.74) is 0.761. The summed E-state index contributed by atoms with van der Waals surface area (Å²) in [5, 5.41) is 5.14. The average molecular weight is 327 g/mol. The van der Waals surface area contributed by atoms with Crippen molar-refractivity contribution in [3.05, 3.63) is 60.4 Å². The third kappa shape index (κ3) is 3.10. The van der Waals surface area contributed by atoms with Crippen molar-refractivity contribution < 1.29 is 18.8 Å². The number of nitrogens with zero attached hydrogens (tertiary/aromatic N) is 1. The molecule has 0 bridgehead atoms. The molecule has 0 aliphatic carbocycles. The van der Waals surface area contributed by atoms with Crippen molar-refractivity contribution in [3.8, 4) is 0 Å². The van der Waals surface area contributed by atoms with Gasteiger partial charge in [0.25, 0.3) is 0 Å². The van der Waals surface area contributed by atoms with Gasteiger partial charge in [-0.25, -0.2) is 14.1 Å². The molecule has 1 fully saturated rings. The number of imide groups is 1. The van der Waals surface area contributed by atoms with E-state index in [1.807, 2.05) is 0 Å². The number of benzene rings is 2. The number of urea groups is 1. The van der Waals surface area contributed by atoms with Crippen LogP contribution in [-0.2, 0) is 9.59 Å². The minimum absolute atomic E-state index is 0.0893. The molecule has 2 aromatic rings. The number of nitrogens with one attached hydrogen (secondary N) is 2. The molecule has 24 heavy (non-hydrogen) atoms. The van der Waals surface area contributed by atoms with Crippen LogP contribution in [0.4, 0.5) is 20.6 Å². The molecular formula is C17H14FN3O3. The minimum atomic E-state index is -1.06. The molecule has 1 aliphatic heterocycles. The molecular weight excluding hydrogens is 313 g/mol. The van der Waals surface area contributed by atoms with Crippen LogP contribution >= 0.6 is 0 Å². The SMILES string of the molecule is O=C(Nc1ccccc1)C1CNC(=O)N(c2ccc(F)cc2)C1=O. The fourth-order valence-electron chi connectivity index (χ4n) is 2.40. The topological polar surface area (TPSA) is 78.5 Å². The van der Waals surface area contributed by atoms with Gasteiger partial charge in [0.05, 0.1) is 5.69 Å². The van der Waals surface area contributed by atoms with Crippen LogP contribution in [0.1, 0.15) is 0 Å². The van der Waals surface area contributed by atoms with E-state index in [1.165, 1.54) is 12.1 Å². The fourth-order valence-corrected chi connectivity index (χ4v) is 2.40. The van der Waals surface area contributed by atoms with Gasteiger partial charge in [-0.15, -0.1) is 0 Å². The predicted octanol–water partition coefficient (Wildman–Crippen LogP) is 2.14. The summed E-state index contributed by atoms with van der Waals surface area (Å²) in [6.45, 7) is -0.0893. The Morgan fingerprint density at radius 1 is 1.08 bits per heavy atom. The highest BCUT2D eigenvalue weighted by molar-refractivity contribution is 6.23. The molecule has 1 heterocycles. The van der Waals surface area contributed by atoms with Gasteiger partial charge in [0.1, 0.15) is 11.7 Å². The number of carbonyl (C=O) groups excluding carboxylic acids is 3. The smallest absolute Gasteiger partial charge is 0.328 e.